The minimum Gasteiger partial charge on any atom is -0.365 e. The van der Waals surface area contributed by atoms with Gasteiger partial charge in [0.1, 0.15) is 0 Å². The molecular weight excluding hydrogens is 250 g/mol. The van der Waals surface area contributed by atoms with Crippen molar-refractivity contribution in [1.82, 2.24) is 9.55 Å². The number of rotatable bonds is 6. The zero-order valence-electron chi connectivity index (χ0n) is 12.1. The van der Waals surface area contributed by atoms with Gasteiger partial charge in [0.25, 0.3) is 5.56 Å². The van der Waals surface area contributed by atoms with Crippen LogP contribution in [0.2, 0.25) is 0 Å². The lowest BCUT2D eigenvalue weighted by Crippen LogP contribution is -2.25. The topological polar surface area (TPSA) is 46.9 Å². The molecule has 1 heterocycles. The molecule has 106 valence electrons. The molecule has 0 aliphatic heterocycles. The third-order valence-electron chi connectivity index (χ3n) is 3.17. The molecule has 1 N–H and O–H groups in total. The summed E-state index contributed by atoms with van der Waals surface area (Å²) in [5, 5.41) is 3.14. The molecule has 0 saturated heterocycles. The smallest absolute Gasteiger partial charge is 0.293 e. The van der Waals surface area contributed by atoms with E-state index in [0.717, 1.165) is 19.4 Å². The van der Waals surface area contributed by atoms with E-state index in [4.69, 9.17) is 0 Å². The largest absolute Gasteiger partial charge is 0.365 e. The standard InChI is InChI=1S/C16H21N3O/c1-3-10-19-11-9-18-15(16(19)20)17-8-7-14-6-4-5-13(2)12-14/h4-6,9,11-12H,3,7-8,10H2,1-2H3,(H,17,18). The highest BCUT2D eigenvalue weighted by molar-refractivity contribution is 5.31. The third kappa shape index (κ3) is 3.70. The molecular formula is C16H21N3O. The van der Waals surface area contributed by atoms with Gasteiger partial charge in [-0.1, -0.05) is 36.8 Å². The molecule has 0 unspecified atom stereocenters. The molecule has 0 amide bonds. The Labute approximate surface area is 119 Å². The fourth-order valence-electron chi connectivity index (χ4n) is 2.18. The predicted molar refractivity (Wildman–Crippen MR) is 82.2 cm³/mol. The van der Waals surface area contributed by atoms with Crippen molar-refractivity contribution in [2.45, 2.75) is 33.2 Å². The minimum atomic E-state index is -0.0430. The molecule has 4 heteroatoms. The number of nitrogens with one attached hydrogen (secondary N) is 1. The van der Waals surface area contributed by atoms with Gasteiger partial charge in [-0.3, -0.25) is 4.79 Å². The van der Waals surface area contributed by atoms with Gasteiger partial charge < -0.3 is 9.88 Å². The van der Waals surface area contributed by atoms with Gasteiger partial charge in [-0.25, -0.2) is 4.98 Å². The van der Waals surface area contributed by atoms with Crippen LogP contribution in [0.5, 0.6) is 0 Å². The lowest BCUT2D eigenvalue weighted by molar-refractivity contribution is 0.649. The van der Waals surface area contributed by atoms with Gasteiger partial charge in [0.15, 0.2) is 5.82 Å². The van der Waals surface area contributed by atoms with E-state index in [1.54, 1.807) is 17.0 Å². The van der Waals surface area contributed by atoms with Crippen LogP contribution in [0.1, 0.15) is 24.5 Å². The maximum atomic E-state index is 12.1. The summed E-state index contributed by atoms with van der Waals surface area (Å²) >= 11 is 0. The molecule has 4 nitrogen and oxygen atoms in total. The van der Waals surface area contributed by atoms with E-state index >= 15 is 0 Å². The van der Waals surface area contributed by atoms with E-state index in [1.807, 2.05) is 0 Å². The van der Waals surface area contributed by atoms with Crippen molar-refractivity contribution in [3.63, 3.8) is 0 Å². The number of anilines is 1. The molecule has 0 saturated carbocycles. The Morgan fingerprint density at radius 2 is 2.20 bits per heavy atom. The van der Waals surface area contributed by atoms with Crippen LogP contribution >= 0.6 is 0 Å². The number of nitrogens with zero attached hydrogens (tertiary/aromatic N) is 2. The fraction of sp³-hybridized carbons (Fsp3) is 0.375. The van der Waals surface area contributed by atoms with E-state index < -0.39 is 0 Å². The van der Waals surface area contributed by atoms with Crippen LogP contribution in [-0.2, 0) is 13.0 Å². The van der Waals surface area contributed by atoms with E-state index in [2.05, 4.69) is 48.4 Å². The summed E-state index contributed by atoms with van der Waals surface area (Å²) in [5.74, 6) is 0.439. The Balaban J connectivity index is 1.97. The predicted octanol–water partition coefficient (Wildman–Crippen LogP) is 2.62. The number of benzene rings is 1. The Morgan fingerprint density at radius 3 is 2.95 bits per heavy atom. The number of hydrogen-bond acceptors (Lipinski definition) is 3. The highest BCUT2D eigenvalue weighted by Gasteiger charge is 2.03. The van der Waals surface area contributed by atoms with Gasteiger partial charge in [-0.05, 0) is 25.3 Å². The summed E-state index contributed by atoms with van der Waals surface area (Å²) in [6.45, 7) is 5.58. The third-order valence-corrected chi connectivity index (χ3v) is 3.17. The number of aryl methyl sites for hydroxylation is 2. The first-order valence-corrected chi connectivity index (χ1v) is 7.05. The zero-order valence-corrected chi connectivity index (χ0v) is 12.1. The molecule has 0 aliphatic rings. The maximum Gasteiger partial charge on any atom is 0.293 e. The van der Waals surface area contributed by atoms with Gasteiger partial charge in [0.2, 0.25) is 0 Å². The van der Waals surface area contributed by atoms with Crippen molar-refractivity contribution in [1.29, 1.82) is 0 Å². The zero-order chi connectivity index (χ0) is 14.4. The summed E-state index contributed by atoms with van der Waals surface area (Å²) in [4.78, 5) is 16.2. The van der Waals surface area contributed by atoms with Gasteiger partial charge in [-0.15, -0.1) is 0 Å². The van der Waals surface area contributed by atoms with Crippen molar-refractivity contribution >= 4 is 5.82 Å². The van der Waals surface area contributed by atoms with Crippen LogP contribution in [0.4, 0.5) is 5.82 Å². The molecule has 0 radical (unpaired) electrons. The Hall–Kier alpha value is -2.10. The summed E-state index contributed by atoms with van der Waals surface area (Å²) in [7, 11) is 0. The molecule has 0 spiro atoms. The normalized spacial score (nSPS) is 10.5. The molecule has 2 aromatic rings. The summed E-state index contributed by atoms with van der Waals surface area (Å²) in [5.41, 5.74) is 2.48. The summed E-state index contributed by atoms with van der Waals surface area (Å²) < 4.78 is 1.70. The molecule has 1 aromatic carbocycles. The van der Waals surface area contributed by atoms with Crippen LogP contribution in [0, 0.1) is 6.92 Å². The van der Waals surface area contributed by atoms with Gasteiger partial charge in [-0.2, -0.15) is 0 Å². The van der Waals surface area contributed by atoms with Gasteiger partial charge in [0, 0.05) is 25.5 Å². The highest BCUT2D eigenvalue weighted by atomic mass is 16.1. The molecule has 0 bridgehead atoms. The second-order valence-corrected chi connectivity index (χ2v) is 4.94. The van der Waals surface area contributed by atoms with E-state index in [-0.39, 0.29) is 5.56 Å². The van der Waals surface area contributed by atoms with E-state index in [0.29, 0.717) is 12.4 Å². The quantitative estimate of drug-likeness (QED) is 0.878. The Morgan fingerprint density at radius 1 is 1.35 bits per heavy atom. The molecule has 0 fully saturated rings. The van der Waals surface area contributed by atoms with Crippen LogP contribution in [-0.4, -0.2) is 16.1 Å². The van der Waals surface area contributed by atoms with Crippen LogP contribution in [0.25, 0.3) is 0 Å². The van der Waals surface area contributed by atoms with Crippen LogP contribution < -0.4 is 10.9 Å². The second-order valence-electron chi connectivity index (χ2n) is 4.94. The second kappa shape index (κ2) is 6.89. The van der Waals surface area contributed by atoms with Gasteiger partial charge in [0.05, 0.1) is 0 Å². The summed E-state index contributed by atoms with van der Waals surface area (Å²) in [6.07, 6.45) is 5.22. The molecule has 1 aromatic heterocycles. The van der Waals surface area contributed by atoms with Crippen molar-refractivity contribution in [3.8, 4) is 0 Å². The fourth-order valence-corrected chi connectivity index (χ4v) is 2.18. The first-order valence-electron chi connectivity index (χ1n) is 7.05. The van der Waals surface area contributed by atoms with Crippen molar-refractivity contribution in [2.75, 3.05) is 11.9 Å². The Kier molecular flexibility index (Phi) is 4.93. The maximum absolute atomic E-state index is 12.1. The van der Waals surface area contributed by atoms with Crippen molar-refractivity contribution in [2.24, 2.45) is 0 Å². The average molecular weight is 271 g/mol. The lowest BCUT2D eigenvalue weighted by atomic mass is 10.1. The molecule has 0 atom stereocenters. The first kappa shape index (κ1) is 14.3. The average Bonchev–Trinajstić information content (AvgIpc) is 2.43. The first-order chi connectivity index (χ1) is 9.70. The van der Waals surface area contributed by atoms with Crippen molar-refractivity contribution in [3.05, 3.63) is 58.1 Å². The SMILES string of the molecule is CCCn1ccnc(NCCc2cccc(C)c2)c1=O. The molecule has 2 rings (SSSR count). The van der Waals surface area contributed by atoms with Crippen molar-refractivity contribution < 1.29 is 0 Å². The minimum absolute atomic E-state index is 0.0430. The monoisotopic (exact) mass is 271 g/mol. The highest BCUT2D eigenvalue weighted by Crippen LogP contribution is 2.05. The Bertz CT molecular complexity index is 619. The van der Waals surface area contributed by atoms with E-state index in [9.17, 15) is 4.79 Å². The molecule has 0 aliphatic carbocycles. The number of aromatic nitrogens is 2. The lowest BCUT2D eigenvalue weighted by Gasteiger charge is -2.08. The molecule has 20 heavy (non-hydrogen) atoms. The number of hydrogen-bond donors (Lipinski definition) is 1. The van der Waals surface area contributed by atoms with Gasteiger partial charge >= 0.3 is 0 Å². The van der Waals surface area contributed by atoms with Crippen LogP contribution in [0.15, 0.2) is 41.5 Å². The van der Waals surface area contributed by atoms with Crippen LogP contribution in [0.3, 0.4) is 0 Å². The van der Waals surface area contributed by atoms with E-state index in [1.165, 1.54) is 11.1 Å². The summed E-state index contributed by atoms with van der Waals surface area (Å²) in [6, 6.07) is 8.40.